The predicted octanol–water partition coefficient (Wildman–Crippen LogP) is 1.65. The van der Waals surface area contributed by atoms with E-state index in [1.807, 2.05) is 31.2 Å². The van der Waals surface area contributed by atoms with Crippen LogP contribution in [-0.2, 0) is 9.59 Å². The van der Waals surface area contributed by atoms with Crippen LogP contribution in [0.4, 0.5) is 5.69 Å². The normalized spacial score (nSPS) is 15.0. The zero-order valence-electron chi connectivity index (χ0n) is 13.6. The first-order valence-corrected chi connectivity index (χ1v) is 8.60. The molecule has 1 fully saturated rings. The fraction of sp³-hybridized carbons (Fsp3) is 0.375. The summed E-state index contributed by atoms with van der Waals surface area (Å²) in [5.41, 5.74) is 1.96. The van der Waals surface area contributed by atoms with E-state index < -0.39 is 0 Å². The quantitative estimate of drug-likeness (QED) is 0.783. The van der Waals surface area contributed by atoms with Gasteiger partial charge in [-0.2, -0.15) is 0 Å². The molecule has 24 heavy (non-hydrogen) atoms. The van der Waals surface area contributed by atoms with Crippen LogP contribution in [-0.4, -0.2) is 52.3 Å². The van der Waals surface area contributed by atoms with E-state index in [4.69, 9.17) is 4.42 Å². The second kappa shape index (κ2) is 7.04. The average molecular weight is 346 g/mol. The Morgan fingerprint density at radius 3 is 2.71 bits per heavy atom. The third-order valence-corrected chi connectivity index (χ3v) is 4.61. The maximum Gasteiger partial charge on any atom is 0.277 e. The van der Waals surface area contributed by atoms with E-state index in [1.165, 1.54) is 11.8 Å². The summed E-state index contributed by atoms with van der Waals surface area (Å²) in [6.45, 7) is 4.78. The van der Waals surface area contributed by atoms with Crippen LogP contribution in [0.15, 0.2) is 33.9 Å². The van der Waals surface area contributed by atoms with Gasteiger partial charge in [0.25, 0.3) is 5.22 Å². The molecule has 7 nitrogen and oxygen atoms in total. The Bertz CT molecular complexity index is 761. The van der Waals surface area contributed by atoms with Gasteiger partial charge in [-0.3, -0.25) is 9.59 Å². The van der Waals surface area contributed by atoms with Crippen molar-refractivity contribution < 1.29 is 14.0 Å². The lowest BCUT2D eigenvalue weighted by Gasteiger charge is -2.35. The van der Waals surface area contributed by atoms with E-state index >= 15 is 0 Å². The molecule has 2 aromatic rings. The Morgan fingerprint density at radius 1 is 1.25 bits per heavy atom. The minimum Gasteiger partial charge on any atom is -0.416 e. The van der Waals surface area contributed by atoms with Crippen molar-refractivity contribution in [3.8, 4) is 0 Å². The van der Waals surface area contributed by atoms with E-state index in [9.17, 15) is 9.59 Å². The number of para-hydroxylation sites is 1. The van der Waals surface area contributed by atoms with Gasteiger partial charge in [-0.25, -0.2) is 0 Å². The van der Waals surface area contributed by atoms with Gasteiger partial charge in [0.2, 0.25) is 17.7 Å². The SMILES string of the molecule is Cc1nnc(SCC(=O)N2CCN(c3ccccc3C)C(=O)C2)o1. The monoisotopic (exact) mass is 346 g/mol. The van der Waals surface area contributed by atoms with Crippen molar-refractivity contribution in [3.63, 3.8) is 0 Å². The standard InChI is InChI=1S/C16H18N4O3S/c1-11-5-3-4-6-13(11)20-8-7-19(9-14(20)21)15(22)10-24-16-18-17-12(2)23-16/h3-6H,7-10H2,1-2H3. The van der Waals surface area contributed by atoms with Gasteiger partial charge in [0.05, 0.1) is 5.75 Å². The summed E-state index contributed by atoms with van der Waals surface area (Å²) in [7, 11) is 0. The molecule has 0 unspecified atom stereocenters. The molecule has 0 aliphatic carbocycles. The van der Waals surface area contributed by atoms with Crippen molar-refractivity contribution in [2.45, 2.75) is 19.1 Å². The fourth-order valence-electron chi connectivity index (χ4n) is 2.56. The smallest absolute Gasteiger partial charge is 0.277 e. The van der Waals surface area contributed by atoms with Gasteiger partial charge in [-0.15, -0.1) is 10.2 Å². The van der Waals surface area contributed by atoms with Crippen LogP contribution in [0.2, 0.25) is 0 Å². The highest BCUT2D eigenvalue weighted by Crippen LogP contribution is 2.22. The number of piperazine rings is 1. The Hall–Kier alpha value is -2.35. The number of benzene rings is 1. The number of aryl methyl sites for hydroxylation is 2. The van der Waals surface area contributed by atoms with Gasteiger partial charge in [0.15, 0.2) is 0 Å². The van der Waals surface area contributed by atoms with Gasteiger partial charge in [-0.1, -0.05) is 30.0 Å². The molecule has 1 aliphatic rings. The Morgan fingerprint density at radius 2 is 2.04 bits per heavy atom. The molecule has 1 saturated heterocycles. The predicted molar refractivity (Wildman–Crippen MR) is 89.9 cm³/mol. The molecule has 1 aliphatic heterocycles. The minimum absolute atomic E-state index is 0.0671. The number of amides is 2. The molecule has 0 spiro atoms. The van der Waals surface area contributed by atoms with E-state index in [0.717, 1.165) is 11.3 Å². The number of anilines is 1. The summed E-state index contributed by atoms with van der Waals surface area (Å²) < 4.78 is 5.23. The highest BCUT2D eigenvalue weighted by Gasteiger charge is 2.28. The van der Waals surface area contributed by atoms with Crippen molar-refractivity contribution >= 4 is 29.3 Å². The lowest BCUT2D eigenvalue weighted by Crippen LogP contribution is -2.53. The number of carbonyl (C=O) groups is 2. The van der Waals surface area contributed by atoms with Crippen molar-refractivity contribution in [2.24, 2.45) is 0 Å². The van der Waals surface area contributed by atoms with Crippen molar-refractivity contribution in [1.82, 2.24) is 15.1 Å². The molecule has 0 N–H and O–H groups in total. The summed E-state index contributed by atoms with van der Waals surface area (Å²) in [5, 5.41) is 7.92. The summed E-state index contributed by atoms with van der Waals surface area (Å²) >= 11 is 1.19. The number of hydrogen-bond acceptors (Lipinski definition) is 6. The van der Waals surface area contributed by atoms with Crippen LogP contribution in [0.3, 0.4) is 0 Å². The topological polar surface area (TPSA) is 79.5 Å². The fourth-order valence-corrected chi connectivity index (χ4v) is 3.27. The lowest BCUT2D eigenvalue weighted by molar-refractivity contribution is -0.134. The van der Waals surface area contributed by atoms with E-state index in [2.05, 4.69) is 10.2 Å². The zero-order chi connectivity index (χ0) is 17.1. The summed E-state index contributed by atoms with van der Waals surface area (Å²) in [4.78, 5) is 28.0. The van der Waals surface area contributed by atoms with Crippen LogP contribution in [0, 0.1) is 13.8 Å². The van der Waals surface area contributed by atoms with Crippen molar-refractivity contribution in [3.05, 3.63) is 35.7 Å². The number of rotatable bonds is 4. The molecule has 1 aromatic heterocycles. The molecule has 0 radical (unpaired) electrons. The second-order valence-electron chi connectivity index (χ2n) is 5.52. The van der Waals surface area contributed by atoms with Gasteiger partial charge in [0, 0.05) is 25.7 Å². The lowest BCUT2D eigenvalue weighted by atomic mass is 10.1. The molecule has 1 aromatic carbocycles. The van der Waals surface area contributed by atoms with E-state index in [1.54, 1.807) is 16.7 Å². The number of hydrogen-bond donors (Lipinski definition) is 0. The summed E-state index contributed by atoms with van der Waals surface area (Å²) in [6.07, 6.45) is 0. The Balaban J connectivity index is 1.58. The number of carbonyl (C=O) groups excluding carboxylic acids is 2. The van der Waals surface area contributed by atoms with Gasteiger partial charge >= 0.3 is 0 Å². The first-order chi connectivity index (χ1) is 11.5. The average Bonchev–Trinajstić information content (AvgIpc) is 2.99. The van der Waals surface area contributed by atoms with Crippen LogP contribution < -0.4 is 4.90 Å². The Labute approximate surface area is 144 Å². The molecule has 2 amide bonds. The summed E-state index contributed by atoms with van der Waals surface area (Å²) in [6, 6.07) is 7.76. The largest absolute Gasteiger partial charge is 0.416 e. The molecule has 126 valence electrons. The van der Waals surface area contributed by atoms with E-state index in [0.29, 0.717) is 24.2 Å². The molecular formula is C16H18N4O3S. The first kappa shape index (κ1) is 16.5. The van der Waals surface area contributed by atoms with E-state index in [-0.39, 0.29) is 24.1 Å². The van der Waals surface area contributed by atoms with Crippen molar-refractivity contribution in [1.29, 1.82) is 0 Å². The molecule has 0 atom stereocenters. The zero-order valence-corrected chi connectivity index (χ0v) is 14.4. The second-order valence-corrected chi connectivity index (χ2v) is 6.45. The van der Waals surface area contributed by atoms with Crippen LogP contribution >= 0.6 is 11.8 Å². The number of nitrogens with zero attached hydrogens (tertiary/aromatic N) is 4. The van der Waals surface area contributed by atoms with Gasteiger partial charge < -0.3 is 14.2 Å². The van der Waals surface area contributed by atoms with Crippen LogP contribution in [0.25, 0.3) is 0 Å². The molecule has 3 rings (SSSR count). The highest BCUT2D eigenvalue weighted by molar-refractivity contribution is 7.99. The first-order valence-electron chi connectivity index (χ1n) is 7.61. The van der Waals surface area contributed by atoms with Crippen molar-refractivity contribution in [2.75, 3.05) is 30.3 Å². The molecular weight excluding hydrogens is 328 g/mol. The Kier molecular flexibility index (Phi) is 4.84. The minimum atomic E-state index is -0.103. The van der Waals surface area contributed by atoms with Gasteiger partial charge in [0.1, 0.15) is 6.54 Å². The maximum absolute atomic E-state index is 12.4. The molecule has 8 heteroatoms. The molecule has 0 bridgehead atoms. The maximum atomic E-state index is 12.4. The van der Waals surface area contributed by atoms with Gasteiger partial charge in [-0.05, 0) is 18.6 Å². The molecule has 2 heterocycles. The molecule has 0 saturated carbocycles. The summed E-state index contributed by atoms with van der Waals surface area (Å²) in [5.74, 6) is 0.474. The number of aromatic nitrogens is 2. The number of thioether (sulfide) groups is 1. The van der Waals surface area contributed by atoms with Crippen LogP contribution in [0.1, 0.15) is 11.5 Å². The third-order valence-electron chi connectivity index (χ3n) is 3.81. The third kappa shape index (κ3) is 3.59. The van der Waals surface area contributed by atoms with Crippen LogP contribution in [0.5, 0.6) is 0 Å². The highest BCUT2D eigenvalue weighted by atomic mass is 32.2.